The Morgan fingerprint density at radius 3 is 2.53 bits per heavy atom. The van der Waals surface area contributed by atoms with E-state index in [-0.39, 0.29) is 34.0 Å². The van der Waals surface area contributed by atoms with Crippen LogP contribution < -0.4 is 20.5 Å². The first-order valence-electron chi connectivity index (χ1n) is 11.4. The van der Waals surface area contributed by atoms with Crippen LogP contribution in [0.2, 0.25) is 0 Å². The average Bonchev–Trinajstić information content (AvgIpc) is 3.31. The molecule has 0 bridgehead atoms. The second-order valence-electron chi connectivity index (χ2n) is 9.04. The minimum absolute atomic E-state index is 0.0281. The number of nitrogens with one attached hydrogen (secondary N) is 1. The van der Waals surface area contributed by atoms with Gasteiger partial charge in [0.15, 0.2) is 5.52 Å². The van der Waals surface area contributed by atoms with Gasteiger partial charge >= 0.3 is 12.1 Å². The van der Waals surface area contributed by atoms with E-state index in [1.807, 2.05) is 0 Å². The lowest BCUT2D eigenvalue weighted by molar-refractivity contribution is 0.0554. The monoisotopic (exact) mass is 522 g/mol. The first-order valence-corrected chi connectivity index (χ1v) is 11.4. The van der Waals surface area contributed by atoms with E-state index >= 15 is 0 Å². The molecule has 0 saturated carbocycles. The predicted octanol–water partition coefficient (Wildman–Crippen LogP) is 3.68. The minimum Gasteiger partial charge on any atom is -0.495 e. The SMILES string of the molecule is COC(=O)c1onc2c(N(C)C(=O)OC(C)(C)C)cc(Nc3cccn(-c4ccc(OC)cn4)c3=O)nc12. The summed E-state index contributed by atoms with van der Waals surface area (Å²) >= 11 is 0. The number of hydrogen-bond donors (Lipinski definition) is 1. The Balaban J connectivity index is 1.79. The highest BCUT2D eigenvalue weighted by molar-refractivity contribution is 6.06. The Hall–Kier alpha value is -4.94. The van der Waals surface area contributed by atoms with Crippen molar-refractivity contribution < 1.29 is 28.3 Å². The summed E-state index contributed by atoms with van der Waals surface area (Å²) in [6.45, 7) is 5.20. The molecule has 0 atom stereocenters. The Kier molecular flexibility index (Phi) is 7.02. The highest BCUT2D eigenvalue weighted by Gasteiger charge is 2.27. The van der Waals surface area contributed by atoms with Gasteiger partial charge in [-0.05, 0) is 45.0 Å². The van der Waals surface area contributed by atoms with E-state index in [9.17, 15) is 14.4 Å². The number of nitrogens with zero attached hydrogens (tertiary/aromatic N) is 5. The van der Waals surface area contributed by atoms with Crippen molar-refractivity contribution in [2.45, 2.75) is 26.4 Å². The Labute approximate surface area is 216 Å². The third-order valence-electron chi connectivity index (χ3n) is 5.23. The van der Waals surface area contributed by atoms with Crippen molar-refractivity contribution in [1.82, 2.24) is 19.7 Å². The van der Waals surface area contributed by atoms with Gasteiger partial charge in [-0.1, -0.05) is 5.16 Å². The molecule has 4 rings (SSSR count). The summed E-state index contributed by atoms with van der Waals surface area (Å²) in [6.07, 6.45) is 2.39. The fraction of sp³-hybridized carbons (Fsp3) is 0.280. The summed E-state index contributed by atoms with van der Waals surface area (Å²) < 4.78 is 21.9. The van der Waals surface area contributed by atoms with E-state index in [4.69, 9.17) is 18.7 Å². The zero-order valence-electron chi connectivity index (χ0n) is 21.6. The number of anilines is 3. The van der Waals surface area contributed by atoms with Crippen molar-refractivity contribution in [3.05, 3.63) is 58.8 Å². The Bertz CT molecular complexity index is 1550. The molecule has 1 N–H and O–H groups in total. The van der Waals surface area contributed by atoms with Gasteiger partial charge in [-0.15, -0.1) is 0 Å². The largest absolute Gasteiger partial charge is 0.495 e. The standard InChI is InChI=1S/C25H26N6O7/c1-25(2,3)37-24(34)30(4)16-12-17(28-20-19(16)29-38-21(20)23(33)36-6)27-15-8-7-11-31(22(15)32)18-10-9-14(35-5)13-26-18/h7-13H,1-6H3,(H,27,28). The molecule has 38 heavy (non-hydrogen) atoms. The average molecular weight is 523 g/mol. The zero-order valence-corrected chi connectivity index (χ0v) is 21.6. The number of hydrogen-bond acceptors (Lipinski definition) is 11. The van der Waals surface area contributed by atoms with Gasteiger partial charge in [0, 0.05) is 19.3 Å². The molecular formula is C25H26N6O7. The fourth-order valence-electron chi connectivity index (χ4n) is 3.43. The number of amides is 1. The van der Waals surface area contributed by atoms with Gasteiger partial charge in [-0.3, -0.25) is 14.3 Å². The molecule has 0 aliphatic rings. The number of methoxy groups -OCH3 is 2. The predicted molar refractivity (Wildman–Crippen MR) is 137 cm³/mol. The van der Waals surface area contributed by atoms with Crippen LogP contribution in [0.5, 0.6) is 5.75 Å². The number of ether oxygens (including phenoxy) is 3. The quantitative estimate of drug-likeness (QED) is 0.369. The molecule has 4 aromatic heterocycles. The van der Waals surface area contributed by atoms with Gasteiger partial charge in [0.1, 0.15) is 34.2 Å². The van der Waals surface area contributed by atoms with Crippen molar-refractivity contribution in [3.8, 4) is 11.6 Å². The van der Waals surface area contributed by atoms with Crippen molar-refractivity contribution in [1.29, 1.82) is 0 Å². The minimum atomic E-state index is -0.810. The smallest absolute Gasteiger partial charge is 0.414 e. The molecule has 0 aromatic carbocycles. The summed E-state index contributed by atoms with van der Waals surface area (Å²) in [5.41, 5.74) is -0.660. The van der Waals surface area contributed by atoms with Crippen molar-refractivity contribution in [2.75, 3.05) is 31.5 Å². The molecule has 13 nitrogen and oxygen atoms in total. The van der Waals surface area contributed by atoms with E-state index < -0.39 is 23.2 Å². The fourth-order valence-corrected chi connectivity index (χ4v) is 3.43. The second kappa shape index (κ2) is 10.2. The lowest BCUT2D eigenvalue weighted by Crippen LogP contribution is -2.34. The number of esters is 1. The number of fused-ring (bicyclic) bond motifs is 1. The number of carbonyl (C=O) groups is 2. The summed E-state index contributed by atoms with van der Waals surface area (Å²) in [5.74, 6) is -0.0204. The van der Waals surface area contributed by atoms with Crippen LogP contribution in [0.3, 0.4) is 0 Å². The molecule has 0 aliphatic carbocycles. The van der Waals surface area contributed by atoms with Crippen LogP contribution in [0, 0.1) is 0 Å². The molecule has 0 fully saturated rings. The molecule has 0 spiro atoms. The highest BCUT2D eigenvalue weighted by atomic mass is 16.6. The molecule has 1 amide bonds. The van der Waals surface area contributed by atoms with Crippen LogP contribution in [-0.4, -0.2) is 58.6 Å². The Morgan fingerprint density at radius 1 is 1.13 bits per heavy atom. The van der Waals surface area contributed by atoms with Gasteiger partial charge in [0.2, 0.25) is 0 Å². The lowest BCUT2D eigenvalue weighted by Gasteiger charge is -2.25. The molecule has 0 aliphatic heterocycles. The summed E-state index contributed by atoms with van der Waals surface area (Å²) in [6, 6.07) is 8.02. The van der Waals surface area contributed by atoms with Gasteiger partial charge in [-0.2, -0.15) is 0 Å². The molecule has 13 heteroatoms. The normalized spacial score (nSPS) is 11.2. The number of carbonyl (C=O) groups excluding carboxylic acids is 2. The molecular weight excluding hydrogens is 496 g/mol. The molecule has 4 aromatic rings. The van der Waals surface area contributed by atoms with E-state index in [0.29, 0.717) is 11.6 Å². The van der Waals surface area contributed by atoms with Gasteiger partial charge in [0.05, 0.1) is 26.1 Å². The topological polar surface area (TPSA) is 151 Å². The van der Waals surface area contributed by atoms with Gasteiger partial charge in [-0.25, -0.2) is 19.6 Å². The first-order chi connectivity index (χ1) is 18.0. The van der Waals surface area contributed by atoms with Crippen molar-refractivity contribution in [2.24, 2.45) is 0 Å². The van der Waals surface area contributed by atoms with Crippen LogP contribution in [0.25, 0.3) is 16.9 Å². The summed E-state index contributed by atoms with van der Waals surface area (Å²) in [5, 5.41) is 6.88. The van der Waals surface area contributed by atoms with Crippen molar-refractivity contribution >= 4 is 40.3 Å². The third-order valence-corrected chi connectivity index (χ3v) is 5.23. The van der Waals surface area contributed by atoms with Crippen LogP contribution in [0.1, 0.15) is 31.3 Å². The van der Waals surface area contributed by atoms with Gasteiger partial charge in [0.25, 0.3) is 11.3 Å². The van der Waals surface area contributed by atoms with E-state index in [0.717, 1.165) is 0 Å². The number of aromatic nitrogens is 4. The highest BCUT2D eigenvalue weighted by Crippen LogP contribution is 2.31. The van der Waals surface area contributed by atoms with E-state index in [1.54, 1.807) is 51.2 Å². The van der Waals surface area contributed by atoms with Gasteiger partial charge < -0.3 is 24.1 Å². The van der Waals surface area contributed by atoms with Crippen LogP contribution in [0.4, 0.5) is 22.0 Å². The lowest BCUT2D eigenvalue weighted by atomic mass is 10.2. The molecule has 0 unspecified atom stereocenters. The number of pyridine rings is 3. The zero-order chi connectivity index (χ0) is 27.6. The second-order valence-corrected chi connectivity index (χ2v) is 9.04. The third kappa shape index (κ3) is 5.26. The molecule has 0 saturated heterocycles. The summed E-state index contributed by atoms with van der Waals surface area (Å²) in [4.78, 5) is 48.2. The maximum Gasteiger partial charge on any atom is 0.414 e. The van der Waals surface area contributed by atoms with Crippen LogP contribution >= 0.6 is 0 Å². The Morgan fingerprint density at radius 2 is 1.89 bits per heavy atom. The van der Waals surface area contributed by atoms with E-state index in [1.165, 1.54) is 43.0 Å². The maximum absolute atomic E-state index is 13.3. The first kappa shape index (κ1) is 26.1. The maximum atomic E-state index is 13.3. The van der Waals surface area contributed by atoms with Crippen LogP contribution in [-0.2, 0) is 9.47 Å². The summed E-state index contributed by atoms with van der Waals surface area (Å²) in [7, 11) is 4.18. The van der Waals surface area contributed by atoms with Crippen molar-refractivity contribution in [3.63, 3.8) is 0 Å². The molecule has 4 heterocycles. The van der Waals surface area contributed by atoms with Crippen LogP contribution in [0.15, 0.2) is 52.0 Å². The molecule has 0 radical (unpaired) electrons. The number of rotatable bonds is 6. The van der Waals surface area contributed by atoms with E-state index in [2.05, 4.69) is 20.4 Å². The molecule has 198 valence electrons.